The summed E-state index contributed by atoms with van der Waals surface area (Å²) in [6, 6.07) is 6.66. The van der Waals surface area contributed by atoms with Crippen LogP contribution in [-0.4, -0.2) is 19.2 Å². The number of halogens is 1. The molecule has 1 fully saturated rings. The molecule has 2 heterocycles. The number of nitrogens with one attached hydrogen (secondary N) is 1. The van der Waals surface area contributed by atoms with Gasteiger partial charge in [-0.05, 0) is 49.1 Å². The first-order valence-corrected chi connectivity index (χ1v) is 6.36. The van der Waals surface area contributed by atoms with Crippen molar-refractivity contribution in [1.82, 2.24) is 5.32 Å². The summed E-state index contributed by atoms with van der Waals surface area (Å²) in [5.41, 5.74) is 2.69. The lowest BCUT2D eigenvalue weighted by atomic mass is 9.92. The van der Waals surface area contributed by atoms with Crippen LogP contribution in [0.3, 0.4) is 0 Å². The topological polar surface area (TPSA) is 21.3 Å². The van der Waals surface area contributed by atoms with Crippen molar-refractivity contribution in [3.63, 3.8) is 0 Å². The van der Waals surface area contributed by atoms with Crippen LogP contribution < -0.4 is 5.32 Å². The molecule has 0 spiro atoms. The first-order valence-electron chi connectivity index (χ1n) is 5.98. The molecule has 1 saturated heterocycles. The number of hydrogen-bond donors (Lipinski definition) is 1. The van der Waals surface area contributed by atoms with Gasteiger partial charge in [-0.3, -0.25) is 0 Å². The Bertz CT molecular complexity index is 388. The molecule has 1 aromatic carbocycles. The van der Waals surface area contributed by atoms with E-state index < -0.39 is 0 Å². The maximum Gasteiger partial charge on any atom is 0.0981 e. The largest absolute Gasteiger partial charge is 0.372 e. The average Bonchev–Trinajstić information content (AvgIpc) is 2.81. The van der Waals surface area contributed by atoms with Crippen molar-refractivity contribution in [3.8, 4) is 0 Å². The van der Waals surface area contributed by atoms with E-state index in [2.05, 4.69) is 17.4 Å². The monoisotopic (exact) mass is 237 g/mol. The lowest BCUT2D eigenvalue weighted by Gasteiger charge is -2.30. The van der Waals surface area contributed by atoms with E-state index in [0.717, 1.165) is 24.6 Å². The molecule has 2 nitrogen and oxygen atoms in total. The van der Waals surface area contributed by atoms with Gasteiger partial charge in [0.2, 0.25) is 0 Å². The summed E-state index contributed by atoms with van der Waals surface area (Å²) in [7, 11) is 0. The van der Waals surface area contributed by atoms with Crippen LogP contribution in [0.2, 0.25) is 5.02 Å². The number of ether oxygens (including phenoxy) is 1. The van der Waals surface area contributed by atoms with Gasteiger partial charge in [-0.1, -0.05) is 17.7 Å². The average molecular weight is 238 g/mol. The quantitative estimate of drug-likeness (QED) is 0.811. The van der Waals surface area contributed by atoms with Gasteiger partial charge in [-0.2, -0.15) is 0 Å². The zero-order valence-corrected chi connectivity index (χ0v) is 9.96. The summed E-state index contributed by atoms with van der Waals surface area (Å²) in [5, 5.41) is 4.33. The lowest BCUT2D eigenvalue weighted by molar-refractivity contribution is 0.0199. The molecule has 1 N–H and O–H groups in total. The van der Waals surface area contributed by atoms with E-state index in [1.165, 1.54) is 24.0 Å². The highest BCUT2D eigenvalue weighted by Crippen LogP contribution is 2.34. The van der Waals surface area contributed by atoms with E-state index in [1.54, 1.807) is 0 Å². The van der Waals surface area contributed by atoms with E-state index in [0.29, 0.717) is 6.04 Å². The van der Waals surface area contributed by atoms with Crippen LogP contribution in [0.25, 0.3) is 0 Å². The smallest absolute Gasteiger partial charge is 0.0981 e. The van der Waals surface area contributed by atoms with Gasteiger partial charge in [0.15, 0.2) is 0 Å². The minimum atomic E-state index is 0.199. The zero-order valence-electron chi connectivity index (χ0n) is 9.21. The van der Waals surface area contributed by atoms with Crippen molar-refractivity contribution in [2.75, 3.05) is 13.2 Å². The summed E-state index contributed by atoms with van der Waals surface area (Å²) in [6.45, 7) is 1.94. The van der Waals surface area contributed by atoms with Gasteiger partial charge in [-0.25, -0.2) is 0 Å². The van der Waals surface area contributed by atoms with Crippen LogP contribution in [0.4, 0.5) is 0 Å². The molecular formula is C13H16ClNO. The fourth-order valence-corrected chi connectivity index (χ4v) is 2.93. The zero-order chi connectivity index (χ0) is 11.0. The number of hydrogen-bond acceptors (Lipinski definition) is 2. The number of fused-ring (bicyclic) bond motifs is 1. The first kappa shape index (κ1) is 10.6. The van der Waals surface area contributed by atoms with E-state index in [-0.39, 0.29) is 6.10 Å². The Kier molecular flexibility index (Phi) is 2.88. The van der Waals surface area contributed by atoms with Gasteiger partial charge in [0.05, 0.1) is 12.7 Å². The predicted octanol–water partition coefficient (Wildman–Crippen LogP) is 2.71. The van der Waals surface area contributed by atoms with Crippen molar-refractivity contribution < 1.29 is 4.74 Å². The molecule has 2 aliphatic rings. The molecule has 2 atom stereocenters. The van der Waals surface area contributed by atoms with Crippen LogP contribution in [0.5, 0.6) is 0 Å². The molecular weight excluding hydrogens is 222 g/mol. The van der Waals surface area contributed by atoms with E-state index in [4.69, 9.17) is 16.3 Å². The maximum absolute atomic E-state index is 6.07. The third kappa shape index (κ3) is 1.86. The summed E-state index contributed by atoms with van der Waals surface area (Å²) in [4.78, 5) is 0. The van der Waals surface area contributed by atoms with Crippen molar-refractivity contribution in [1.29, 1.82) is 0 Å². The highest BCUT2D eigenvalue weighted by atomic mass is 35.5. The van der Waals surface area contributed by atoms with E-state index in [1.807, 2.05) is 6.07 Å². The molecule has 0 unspecified atom stereocenters. The van der Waals surface area contributed by atoms with Gasteiger partial charge < -0.3 is 10.1 Å². The predicted molar refractivity (Wildman–Crippen MR) is 64.9 cm³/mol. The summed E-state index contributed by atoms with van der Waals surface area (Å²) in [6.07, 6.45) is 3.66. The standard InChI is InChI=1S/C13H16ClNO/c14-10-4-3-9-5-7-16-13(11(9)8-10)12-2-1-6-15-12/h3-4,8,12-13,15H,1-2,5-7H2/t12-,13-/m0/s1. The molecule has 0 saturated carbocycles. The molecule has 16 heavy (non-hydrogen) atoms. The highest BCUT2D eigenvalue weighted by Gasteiger charge is 2.30. The maximum atomic E-state index is 6.07. The summed E-state index contributed by atoms with van der Waals surface area (Å²) in [5.74, 6) is 0. The van der Waals surface area contributed by atoms with Gasteiger partial charge >= 0.3 is 0 Å². The van der Waals surface area contributed by atoms with E-state index >= 15 is 0 Å². The van der Waals surface area contributed by atoms with E-state index in [9.17, 15) is 0 Å². The molecule has 1 aromatic rings. The Labute approximate surface area is 101 Å². The van der Waals surface area contributed by atoms with Gasteiger partial charge in [0.1, 0.15) is 0 Å². The second-order valence-electron chi connectivity index (χ2n) is 4.59. The van der Waals surface area contributed by atoms with Crippen molar-refractivity contribution in [2.45, 2.75) is 31.4 Å². The van der Waals surface area contributed by atoms with Gasteiger partial charge in [0, 0.05) is 11.1 Å². The molecule has 0 bridgehead atoms. The molecule has 3 rings (SSSR count). The first-order chi connectivity index (χ1) is 7.84. The Morgan fingerprint density at radius 2 is 2.31 bits per heavy atom. The SMILES string of the molecule is Clc1ccc2c(c1)[C@@H]([C@@H]1CCCN1)OCC2. The number of benzene rings is 1. The molecule has 86 valence electrons. The second-order valence-corrected chi connectivity index (χ2v) is 5.02. The van der Waals surface area contributed by atoms with Crippen molar-refractivity contribution >= 4 is 11.6 Å². The van der Waals surface area contributed by atoms with Crippen LogP contribution in [0, 0.1) is 0 Å². The third-order valence-corrected chi connectivity index (χ3v) is 3.78. The third-order valence-electron chi connectivity index (χ3n) is 3.55. The van der Waals surface area contributed by atoms with Crippen molar-refractivity contribution in [2.24, 2.45) is 0 Å². The minimum Gasteiger partial charge on any atom is -0.372 e. The van der Waals surface area contributed by atoms with Crippen molar-refractivity contribution in [3.05, 3.63) is 34.3 Å². The minimum absolute atomic E-state index is 0.199. The molecule has 3 heteroatoms. The van der Waals surface area contributed by atoms with Gasteiger partial charge in [0.25, 0.3) is 0 Å². The number of rotatable bonds is 1. The Hall–Kier alpha value is -0.570. The summed E-state index contributed by atoms with van der Waals surface area (Å²) >= 11 is 6.07. The fourth-order valence-electron chi connectivity index (χ4n) is 2.75. The van der Waals surface area contributed by atoms with Crippen LogP contribution in [-0.2, 0) is 11.2 Å². The summed E-state index contributed by atoms with van der Waals surface area (Å²) < 4.78 is 5.92. The van der Waals surface area contributed by atoms with Crippen LogP contribution in [0.15, 0.2) is 18.2 Å². The molecule has 0 aliphatic carbocycles. The Balaban J connectivity index is 1.94. The molecule has 0 amide bonds. The second kappa shape index (κ2) is 4.36. The Morgan fingerprint density at radius 1 is 1.38 bits per heavy atom. The van der Waals surface area contributed by atoms with Crippen LogP contribution >= 0.6 is 11.6 Å². The lowest BCUT2D eigenvalue weighted by Crippen LogP contribution is -2.33. The molecule has 2 aliphatic heterocycles. The molecule has 0 aromatic heterocycles. The highest BCUT2D eigenvalue weighted by molar-refractivity contribution is 6.30. The normalized spacial score (nSPS) is 29.1. The molecule has 0 radical (unpaired) electrons. The van der Waals surface area contributed by atoms with Gasteiger partial charge in [-0.15, -0.1) is 0 Å². The Morgan fingerprint density at radius 3 is 3.12 bits per heavy atom. The van der Waals surface area contributed by atoms with Crippen LogP contribution in [0.1, 0.15) is 30.1 Å². The fraction of sp³-hybridized carbons (Fsp3) is 0.538.